The molecule has 1 aromatic heterocycles. The highest BCUT2D eigenvalue weighted by Crippen LogP contribution is 2.48. The van der Waals surface area contributed by atoms with Crippen LogP contribution in [0.5, 0.6) is 0 Å². The molecule has 0 saturated heterocycles. The number of carbonyl (C=O) groups is 2. The molecule has 0 unspecified atom stereocenters. The van der Waals surface area contributed by atoms with E-state index in [0.717, 1.165) is 33.9 Å². The number of nitrogens with one attached hydrogen (secondary N) is 1. The van der Waals surface area contributed by atoms with E-state index in [2.05, 4.69) is 50.4 Å². The number of ketones is 1. The number of rotatable bonds is 3. The zero-order valence-corrected chi connectivity index (χ0v) is 21.6. The molecule has 1 N–H and O–H groups in total. The summed E-state index contributed by atoms with van der Waals surface area (Å²) in [5.74, 6) is 0.232. The zero-order chi connectivity index (χ0) is 24.7. The van der Waals surface area contributed by atoms with Crippen LogP contribution in [0.15, 0.2) is 77.3 Å². The van der Waals surface area contributed by atoms with Gasteiger partial charge in [0.2, 0.25) is 5.91 Å². The van der Waals surface area contributed by atoms with Crippen molar-refractivity contribution in [1.29, 1.82) is 0 Å². The minimum atomic E-state index is -0.412. The maximum atomic E-state index is 13.9. The minimum Gasteiger partial charge on any atom is -0.357 e. The number of benzene rings is 2. The predicted octanol–water partition coefficient (Wildman–Crippen LogP) is 7.36. The lowest BCUT2D eigenvalue weighted by Crippen LogP contribution is -2.37. The van der Waals surface area contributed by atoms with Crippen molar-refractivity contribution < 1.29 is 9.59 Å². The number of nitrogens with zero attached hydrogens (tertiary/aromatic N) is 1. The van der Waals surface area contributed by atoms with Crippen molar-refractivity contribution in [3.63, 3.8) is 0 Å². The van der Waals surface area contributed by atoms with Crippen molar-refractivity contribution in [2.24, 2.45) is 0 Å². The molecule has 2 aromatic carbocycles. The summed E-state index contributed by atoms with van der Waals surface area (Å²) in [6, 6.07) is 20.3. The highest BCUT2D eigenvalue weighted by atomic mass is 32.1. The molecule has 5 rings (SSSR count). The lowest BCUT2D eigenvalue weighted by molar-refractivity contribution is -0.118. The number of hydrogen-bond acceptors (Lipinski definition) is 4. The number of amides is 1. The largest absolute Gasteiger partial charge is 0.357 e. The third kappa shape index (κ3) is 4.34. The van der Waals surface area contributed by atoms with E-state index in [9.17, 15) is 9.59 Å². The molecule has 0 bridgehead atoms. The highest BCUT2D eigenvalue weighted by molar-refractivity contribution is 7.10. The minimum absolute atomic E-state index is 0.0130. The van der Waals surface area contributed by atoms with E-state index in [1.165, 1.54) is 11.1 Å². The Morgan fingerprint density at radius 2 is 1.77 bits per heavy atom. The molecule has 0 saturated carbocycles. The molecule has 5 heteroatoms. The van der Waals surface area contributed by atoms with Crippen LogP contribution in [0.3, 0.4) is 0 Å². The van der Waals surface area contributed by atoms with E-state index in [-0.39, 0.29) is 23.0 Å². The first kappa shape index (κ1) is 23.6. The van der Waals surface area contributed by atoms with Crippen LogP contribution >= 0.6 is 11.3 Å². The number of fused-ring (bicyclic) bond motifs is 1. The molecular formula is C30H32N2O2S. The molecule has 2 aliphatic rings. The Morgan fingerprint density at radius 1 is 1.03 bits per heavy atom. The summed E-state index contributed by atoms with van der Waals surface area (Å²) in [6.07, 6.45) is 1.55. The second-order valence-electron chi connectivity index (χ2n) is 10.5. The highest BCUT2D eigenvalue weighted by Gasteiger charge is 2.41. The number of Topliss-reactive ketones (excluding diaryl/α,β-unsaturated/α-hetero) is 1. The second kappa shape index (κ2) is 9.12. The van der Waals surface area contributed by atoms with Crippen molar-refractivity contribution in [2.45, 2.75) is 64.3 Å². The van der Waals surface area contributed by atoms with Gasteiger partial charge in [0, 0.05) is 29.0 Å². The van der Waals surface area contributed by atoms with Gasteiger partial charge >= 0.3 is 0 Å². The van der Waals surface area contributed by atoms with E-state index in [4.69, 9.17) is 0 Å². The molecule has 2 atom stereocenters. The number of anilines is 2. The molecule has 180 valence electrons. The van der Waals surface area contributed by atoms with Gasteiger partial charge in [-0.3, -0.25) is 14.5 Å². The van der Waals surface area contributed by atoms with Gasteiger partial charge in [0.05, 0.1) is 11.4 Å². The van der Waals surface area contributed by atoms with Crippen molar-refractivity contribution in [3.8, 4) is 0 Å². The molecule has 0 fully saturated rings. The molecule has 3 aromatic rings. The van der Waals surface area contributed by atoms with Gasteiger partial charge in [-0.2, -0.15) is 0 Å². The summed E-state index contributed by atoms with van der Waals surface area (Å²) in [6.45, 7) is 8.52. The maximum Gasteiger partial charge on any atom is 0.227 e. The molecule has 2 heterocycles. The first-order valence-electron chi connectivity index (χ1n) is 12.4. The van der Waals surface area contributed by atoms with Gasteiger partial charge in [0.1, 0.15) is 6.04 Å². The van der Waals surface area contributed by atoms with E-state index in [1.54, 1.807) is 11.3 Å². The Labute approximate surface area is 211 Å². The van der Waals surface area contributed by atoms with E-state index < -0.39 is 6.04 Å². The third-order valence-electron chi connectivity index (χ3n) is 7.12. The van der Waals surface area contributed by atoms with Gasteiger partial charge in [0.15, 0.2) is 5.78 Å². The Balaban J connectivity index is 1.61. The summed E-state index contributed by atoms with van der Waals surface area (Å²) >= 11 is 1.60. The van der Waals surface area contributed by atoms with Crippen LogP contribution in [0, 0.1) is 0 Å². The molecule has 0 spiro atoms. The van der Waals surface area contributed by atoms with Gasteiger partial charge in [-0.15, -0.1) is 11.3 Å². The van der Waals surface area contributed by atoms with E-state index in [0.29, 0.717) is 12.8 Å². The Hall–Kier alpha value is -3.18. The Bertz CT molecular complexity index is 1280. The van der Waals surface area contributed by atoms with Crippen molar-refractivity contribution >= 4 is 34.4 Å². The monoisotopic (exact) mass is 484 g/mol. The zero-order valence-electron chi connectivity index (χ0n) is 20.8. The number of carbonyl (C=O) groups excluding carboxylic acids is 2. The fourth-order valence-electron chi connectivity index (χ4n) is 5.24. The lowest BCUT2D eigenvalue weighted by Gasteiger charge is -2.34. The smallest absolute Gasteiger partial charge is 0.227 e. The van der Waals surface area contributed by atoms with Crippen molar-refractivity contribution in [3.05, 3.63) is 93.3 Å². The molecule has 4 nitrogen and oxygen atoms in total. The summed E-state index contributed by atoms with van der Waals surface area (Å²) in [5.41, 5.74) is 5.93. The van der Waals surface area contributed by atoms with Crippen LogP contribution in [-0.2, 0) is 15.0 Å². The van der Waals surface area contributed by atoms with Gasteiger partial charge in [-0.25, -0.2) is 0 Å². The second-order valence-corrected chi connectivity index (χ2v) is 11.4. The van der Waals surface area contributed by atoms with Gasteiger partial charge in [-0.05, 0) is 52.5 Å². The van der Waals surface area contributed by atoms with Crippen LogP contribution in [0.4, 0.5) is 11.4 Å². The first-order chi connectivity index (χ1) is 16.8. The van der Waals surface area contributed by atoms with Crippen LogP contribution < -0.4 is 10.2 Å². The van der Waals surface area contributed by atoms with Crippen LogP contribution in [0.1, 0.15) is 74.9 Å². The van der Waals surface area contributed by atoms with Crippen LogP contribution in [-0.4, -0.2) is 11.7 Å². The molecule has 1 amide bonds. The first-order valence-corrected chi connectivity index (χ1v) is 13.2. The predicted molar refractivity (Wildman–Crippen MR) is 144 cm³/mol. The average Bonchev–Trinajstić information content (AvgIpc) is 3.32. The van der Waals surface area contributed by atoms with Crippen LogP contribution in [0.2, 0.25) is 0 Å². The number of hydrogen-bond donors (Lipinski definition) is 1. The normalized spacial score (nSPS) is 20.1. The molecule has 0 radical (unpaired) electrons. The van der Waals surface area contributed by atoms with Crippen LogP contribution in [0.25, 0.3) is 0 Å². The van der Waals surface area contributed by atoms with Gasteiger partial charge in [0.25, 0.3) is 0 Å². The molecular weight excluding hydrogens is 452 g/mol. The summed E-state index contributed by atoms with van der Waals surface area (Å²) < 4.78 is 0. The maximum absolute atomic E-state index is 13.9. The summed E-state index contributed by atoms with van der Waals surface area (Å²) in [7, 11) is 0. The summed E-state index contributed by atoms with van der Waals surface area (Å²) in [5, 5.41) is 5.61. The third-order valence-corrected chi connectivity index (χ3v) is 8.05. The van der Waals surface area contributed by atoms with E-state index >= 15 is 0 Å². The van der Waals surface area contributed by atoms with Crippen molar-refractivity contribution in [2.75, 3.05) is 10.2 Å². The Kier molecular flexibility index (Phi) is 6.14. The molecule has 35 heavy (non-hydrogen) atoms. The number of allylic oxidation sites excluding steroid dienone is 1. The summed E-state index contributed by atoms with van der Waals surface area (Å²) in [4.78, 5) is 30.1. The van der Waals surface area contributed by atoms with E-state index in [1.807, 2.05) is 53.6 Å². The van der Waals surface area contributed by atoms with Gasteiger partial charge in [-0.1, -0.05) is 70.2 Å². The topological polar surface area (TPSA) is 49.4 Å². The number of thiophene rings is 1. The Morgan fingerprint density at radius 3 is 2.43 bits per heavy atom. The van der Waals surface area contributed by atoms with Crippen molar-refractivity contribution in [1.82, 2.24) is 0 Å². The SMILES string of the molecule is CCC(=O)N1c2ccccc2NC2=C(C(=O)C[C@@H](c3ccc(C(C)(C)C)cc3)C2)[C@H]1c1cccs1. The quantitative estimate of drug-likeness (QED) is 0.423. The lowest BCUT2D eigenvalue weighted by atomic mass is 9.78. The van der Waals surface area contributed by atoms with Gasteiger partial charge < -0.3 is 5.32 Å². The molecule has 1 aliphatic carbocycles. The number of para-hydroxylation sites is 2. The standard InChI is InChI=1S/C30H32N2O2S/c1-5-27(34)32-24-10-7-6-9-22(24)31-23-17-20(19-12-14-21(15-13-19)30(2,3)4)18-25(33)28(23)29(32)26-11-8-16-35-26/h6-16,20,29,31H,5,17-18H2,1-4H3/t20-,29+/m0/s1. The molecule has 1 aliphatic heterocycles. The average molecular weight is 485 g/mol. The fraction of sp³-hybridized carbons (Fsp3) is 0.333. The fourth-order valence-corrected chi connectivity index (χ4v) is 6.07.